The molecule has 0 spiro atoms. The van der Waals surface area contributed by atoms with Crippen LogP contribution in [-0.2, 0) is 6.42 Å². The van der Waals surface area contributed by atoms with Gasteiger partial charge in [0.1, 0.15) is 5.58 Å². The molecule has 0 bridgehead atoms. The first-order valence-corrected chi connectivity index (χ1v) is 8.48. The summed E-state index contributed by atoms with van der Waals surface area (Å²) < 4.78 is 17.2. The number of anilines is 1. The van der Waals surface area contributed by atoms with Gasteiger partial charge in [0.15, 0.2) is 22.1 Å². The first kappa shape index (κ1) is 14.3. The summed E-state index contributed by atoms with van der Waals surface area (Å²) in [7, 11) is 0. The van der Waals surface area contributed by atoms with Gasteiger partial charge in [-0.2, -0.15) is 0 Å². The van der Waals surface area contributed by atoms with E-state index in [4.69, 9.17) is 19.6 Å². The minimum absolute atomic E-state index is 0.0619. The Hall–Kier alpha value is -3.06. The molecule has 0 radical (unpaired) electrons. The lowest BCUT2D eigenvalue weighted by Crippen LogP contribution is -2.09. The summed E-state index contributed by atoms with van der Waals surface area (Å²) in [5.74, 6) is 1.41. The summed E-state index contributed by atoms with van der Waals surface area (Å²) in [5, 5.41) is 0.966. The van der Waals surface area contributed by atoms with E-state index in [0.717, 1.165) is 16.0 Å². The molecule has 0 aliphatic carbocycles. The van der Waals surface area contributed by atoms with E-state index >= 15 is 0 Å². The van der Waals surface area contributed by atoms with Crippen molar-refractivity contribution < 1.29 is 13.9 Å². The molecule has 6 nitrogen and oxygen atoms in total. The van der Waals surface area contributed by atoms with Gasteiger partial charge in [-0.3, -0.25) is 4.79 Å². The lowest BCUT2D eigenvalue weighted by Gasteiger charge is -2.04. The first-order valence-electron chi connectivity index (χ1n) is 7.67. The van der Waals surface area contributed by atoms with E-state index in [0.29, 0.717) is 39.4 Å². The zero-order chi connectivity index (χ0) is 17.0. The first-order chi connectivity index (χ1) is 12.2. The van der Waals surface area contributed by atoms with Crippen molar-refractivity contribution in [2.24, 2.45) is 0 Å². The molecule has 25 heavy (non-hydrogen) atoms. The summed E-state index contributed by atoms with van der Waals surface area (Å²) in [6.45, 7) is 0.224. The quantitative estimate of drug-likeness (QED) is 0.595. The predicted octanol–water partition coefficient (Wildman–Crippen LogP) is 3.30. The van der Waals surface area contributed by atoms with Crippen molar-refractivity contribution in [2.75, 3.05) is 12.5 Å². The second-order valence-corrected chi connectivity index (χ2v) is 6.82. The van der Waals surface area contributed by atoms with Crippen molar-refractivity contribution in [2.45, 2.75) is 6.42 Å². The Labute approximate surface area is 145 Å². The van der Waals surface area contributed by atoms with Crippen molar-refractivity contribution in [3.05, 3.63) is 57.9 Å². The molecule has 1 aliphatic rings. The molecule has 4 aromatic rings. The minimum atomic E-state index is -0.0619. The van der Waals surface area contributed by atoms with Gasteiger partial charge in [0.05, 0.1) is 21.9 Å². The highest BCUT2D eigenvalue weighted by molar-refractivity contribution is 7.22. The summed E-state index contributed by atoms with van der Waals surface area (Å²) in [4.78, 5) is 17.3. The average molecular weight is 352 g/mol. The molecule has 1 aliphatic heterocycles. The van der Waals surface area contributed by atoms with Crippen LogP contribution in [0.25, 0.3) is 21.2 Å². The van der Waals surface area contributed by atoms with Crippen LogP contribution >= 0.6 is 11.3 Å². The maximum atomic E-state index is 13.0. The van der Waals surface area contributed by atoms with Gasteiger partial charge < -0.3 is 19.6 Å². The standard InChI is InChI=1S/C18H12N2O4S/c19-18-20-11-2-4-13-15(17(11)25-18)16(21)10(7-22-13)5-9-1-3-12-14(6-9)24-8-23-12/h1-4,6-7H,5,8H2,(H2,19,20). The van der Waals surface area contributed by atoms with Gasteiger partial charge in [-0.05, 0) is 29.8 Å². The normalized spacial score (nSPS) is 13.0. The Morgan fingerprint density at radius 2 is 2.04 bits per heavy atom. The van der Waals surface area contributed by atoms with Crippen LogP contribution in [0.4, 0.5) is 5.13 Å². The molecule has 2 N–H and O–H groups in total. The van der Waals surface area contributed by atoms with E-state index in [2.05, 4.69) is 4.98 Å². The molecule has 0 amide bonds. The van der Waals surface area contributed by atoms with E-state index in [1.54, 1.807) is 6.07 Å². The topological polar surface area (TPSA) is 87.6 Å². The molecule has 7 heteroatoms. The number of thiazole rings is 1. The number of benzene rings is 2. The molecular formula is C18H12N2O4S. The minimum Gasteiger partial charge on any atom is -0.464 e. The van der Waals surface area contributed by atoms with Gasteiger partial charge in [0.25, 0.3) is 0 Å². The molecule has 0 saturated heterocycles. The van der Waals surface area contributed by atoms with E-state index in [1.165, 1.54) is 17.6 Å². The van der Waals surface area contributed by atoms with Gasteiger partial charge in [0, 0.05) is 12.0 Å². The largest absolute Gasteiger partial charge is 0.464 e. The lowest BCUT2D eigenvalue weighted by atomic mass is 10.0. The van der Waals surface area contributed by atoms with Crippen LogP contribution in [0.5, 0.6) is 11.5 Å². The molecule has 3 heterocycles. The number of nitrogen functional groups attached to an aromatic ring is 1. The molecule has 5 rings (SSSR count). The summed E-state index contributed by atoms with van der Waals surface area (Å²) in [5.41, 5.74) is 8.51. The third kappa shape index (κ3) is 2.24. The fourth-order valence-corrected chi connectivity index (χ4v) is 3.91. The Morgan fingerprint density at radius 1 is 1.16 bits per heavy atom. The molecule has 124 valence electrons. The second-order valence-electron chi connectivity index (χ2n) is 5.79. The van der Waals surface area contributed by atoms with Gasteiger partial charge in [-0.15, -0.1) is 0 Å². The fourth-order valence-electron chi connectivity index (χ4n) is 3.05. The van der Waals surface area contributed by atoms with Crippen LogP contribution in [0, 0.1) is 0 Å². The number of rotatable bonds is 2. The molecule has 0 fully saturated rings. The number of aromatic nitrogens is 1. The van der Waals surface area contributed by atoms with Crippen molar-refractivity contribution >= 4 is 37.7 Å². The molecule has 2 aromatic heterocycles. The highest BCUT2D eigenvalue weighted by Gasteiger charge is 2.16. The third-order valence-corrected chi connectivity index (χ3v) is 5.13. The van der Waals surface area contributed by atoms with Gasteiger partial charge in [-0.25, -0.2) is 4.98 Å². The Morgan fingerprint density at radius 3 is 2.96 bits per heavy atom. The number of ether oxygens (including phenoxy) is 2. The Bertz CT molecular complexity index is 1200. The van der Waals surface area contributed by atoms with Crippen molar-refractivity contribution in [3.8, 4) is 11.5 Å². The molecule has 0 unspecified atom stereocenters. The smallest absolute Gasteiger partial charge is 0.231 e. The van der Waals surface area contributed by atoms with E-state index in [1.807, 2.05) is 24.3 Å². The number of hydrogen-bond donors (Lipinski definition) is 1. The van der Waals surface area contributed by atoms with Crippen LogP contribution in [-0.4, -0.2) is 11.8 Å². The number of fused-ring (bicyclic) bond motifs is 4. The SMILES string of the molecule is Nc1nc2ccc3occ(Cc4ccc5c(c4)OCO5)c(=O)c3c2s1. The number of hydrogen-bond acceptors (Lipinski definition) is 7. The van der Waals surface area contributed by atoms with E-state index in [9.17, 15) is 4.79 Å². The van der Waals surface area contributed by atoms with Gasteiger partial charge >= 0.3 is 0 Å². The van der Waals surface area contributed by atoms with Crippen LogP contribution in [0.3, 0.4) is 0 Å². The van der Waals surface area contributed by atoms with Gasteiger partial charge in [0.2, 0.25) is 6.79 Å². The monoisotopic (exact) mass is 352 g/mol. The second kappa shape index (κ2) is 5.22. The van der Waals surface area contributed by atoms with Crippen LogP contribution in [0.1, 0.15) is 11.1 Å². The molecular weight excluding hydrogens is 340 g/mol. The average Bonchev–Trinajstić information content (AvgIpc) is 3.21. The summed E-state index contributed by atoms with van der Waals surface area (Å²) >= 11 is 1.30. The maximum absolute atomic E-state index is 13.0. The number of nitrogens with two attached hydrogens (primary N) is 1. The summed E-state index contributed by atoms with van der Waals surface area (Å²) in [6.07, 6.45) is 1.96. The zero-order valence-electron chi connectivity index (χ0n) is 12.9. The number of nitrogens with zero attached hydrogens (tertiary/aromatic N) is 1. The van der Waals surface area contributed by atoms with E-state index < -0.39 is 0 Å². The Balaban J connectivity index is 1.65. The zero-order valence-corrected chi connectivity index (χ0v) is 13.8. The van der Waals surface area contributed by atoms with Crippen molar-refractivity contribution in [1.82, 2.24) is 4.98 Å². The highest BCUT2D eigenvalue weighted by Crippen LogP contribution is 2.33. The predicted molar refractivity (Wildman–Crippen MR) is 95.4 cm³/mol. The van der Waals surface area contributed by atoms with Crippen LogP contribution in [0.15, 0.2) is 45.8 Å². The highest BCUT2D eigenvalue weighted by atomic mass is 32.1. The lowest BCUT2D eigenvalue weighted by molar-refractivity contribution is 0.174. The van der Waals surface area contributed by atoms with Gasteiger partial charge in [-0.1, -0.05) is 17.4 Å². The fraction of sp³-hybridized carbons (Fsp3) is 0.111. The maximum Gasteiger partial charge on any atom is 0.231 e. The Kier molecular flexibility index (Phi) is 2.98. The van der Waals surface area contributed by atoms with Crippen LogP contribution < -0.4 is 20.6 Å². The molecule has 0 saturated carbocycles. The van der Waals surface area contributed by atoms with Crippen molar-refractivity contribution in [1.29, 1.82) is 0 Å². The molecule has 0 atom stereocenters. The van der Waals surface area contributed by atoms with Crippen molar-refractivity contribution in [3.63, 3.8) is 0 Å². The van der Waals surface area contributed by atoms with Crippen LogP contribution in [0.2, 0.25) is 0 Å². The summed E-state index contributed by atoms with van der Waals surface area (Å²) in [6, 6.07) is 9.22. The third-order valence-electron chi connectivity index (χ3n) is 4.21. The molecule has 2 aromatic carbocycles. The van der Waals surface area contributed by atoms with E-state index in [-0.39, 0.29) is 12.2 Å².